The zero-order chi connectivity index (χ0) is 6.20. The fraction of sp³-hybridized carbons (Fsp3) is 0.667. The van der Waals surface area contributed by atoms with Gasteiger partial charge in [-0.25, -0.2) is 0 Å². The first kappa shape index (κ1) is 5.49. The third-order valence-electron chi connectivity index (χ3n) is 0.777. The van der Waals surface area contributed by atoms with Gasteiger partial charge in [-0.15, -0.1) is 0 Å². The second-order valence-electron chi connectivity index (χ2n) is 1.63. The van der Waals surface area contributed by atoms with Crippen molar-refractivity contribution in [3.8, 4) is 0 Å². The molecule has 1 heterocycles. The first-order valence-corrected chi connectivity index (χ1v) is 2.13. The van der Waals surface area contributed by atoms with Crippen LogP contribution in [-0.2, 0) is 9.53 Å². The molecule has 1 saturated heterocycles. The highest BCUT2D eigenvalue weighted by Gasteiger charge is 2.29. The van der Waals surface area contributed by atoms with Crippen LogP contribution >= 0.6 is 0 Å². The molecule has 0 saturated carbocycles. The summed E-state index contributed by atoms with van der Waals surface area (Å²) in [6, 6.07) is 0. The molecule has 1 amide bonds. The first-order valence-electron chi connectivity index (χ1n) is 2.13. The molecule has 1 aliphatic rings. The minimum Gasteiger partial charge on any atom is -0.320 e. The highest BCUT2D eigenvalue weighted by atomic mass is 16.6. The highest BCUT2D eigenvalue weighted by molar-refractivity contribution is 5.79. The maximum Gasteiger partial charge on any atom is 0.255 e. The quantitative estimate of drug-likeness (QED) is 0.310. The van der Waals surface area contributed by atoms with Crippen molar-refractivity contribution in [2.45, 2.75) is 5.97 Å². The van der Waals surface area contributed by atoms with Gasteiger partial charge in [0.05, 0.1) is 0 Å². The first-order chi connectivity index (χ1) is 3.60. The molecule has 0 radical (unpaired) electrons. The molecule has 46 valence electrons. The average molecular weight is 117 g/mol. The van der Waals surface area contributed by atoms with Gasteiger partial charge in [-0.1, -0.05) is 0 Å². The van der Waals surface area contributed by atoms with Crippen LogP contribution in [0.3, 0.4) is 0 Å². The van der Waals surface area contributed by atoms with E-state index in [1.807, 2.05) is 0 Å². The van der Waals surface area contributed by atoms with E-state index in [0.717, 1.165) is 0 Å². The van der Waals surface area contributed by atoms with Crippen molar-refractivity contribution in [1.82, 2.24) is 5.32 Å². The van der Waals surface area contributed by atoms with Crippen LogP contribution in [-0.4, -0.2) is 18.5 Å². The van der Waals surface area contributed by atoms with Gasteiger partial charge in [0, 0.05) is 0 Å². The number of carbonyl (C=O) groups excluding carboxylic acids is 1. The van der Waals surface area contributed by atoms with Gasteiger partial charge in [0.1, 0.15) is 6.61 Å². The molecule has 0 unspecified atom stereocenters. The van der Waals surface area contributed by atoms with Crippen LogP contribution in [0.1, 0.15) is 0 Å². The molecule has 5 N–H and O–H groups in total. The summed E-state index contributed by atoms with van der Waals surface area (Å²) in [4.78, 5) is 10.3. The lowest BCUT2D eigenvalue weighted by molar-refractivity contribution is -0.119. The Morgan fingerprint density at radius 1 is 1.75 bits per heavy atom. The van der Waals surface area contributed by atoms with Crippen molar-refractivity contribution in [3.63, 3.8) is 0 Å². The Morgan fingerprint density at radius 2 is 2.38 bits per heavy atom. The highest BCUT2D eigenvalue weighted by Crippen LogP contribution is 1.95. The van der Waals surface area contributed by atoms with E-state index in [2.05, 4.69) is 10.1 Å². The van der Waals surface area contributed by atoms with Gasteiger partial charge >= 0.3 is 0 Å². The van der Waals surface area contributed by atoms with Crippen molar-refractivity contribution in [3.05, 3.63) is 0 Å². The molecule has 0 aromatic rings. The van der Waals surface area contributed by atoms with Gasteiger partial charge in [0.2, 0.25) is 0 Å². The lowest BCUT2D eigenvalue weighted by Gasteiger charge is -2.14. The van der Waals surface area contributed by atoms with Crippen molar-refractivity contribution in [2.24, 2.45) is 11.5 Å². The van der Waals surface area contributed by atoms with E-state index in [1.165, 1.54) is 0 Å². The van der Waals surface area contributed by atoms with E-state index in [9.17, 15) is 4.79 Å². The Hall–Kier alpha value is -0.650. The molecule has 1 rings (SSSR count). The van der Waals surface area contributed by atoms with Gasteiger partial charge in [-0.2, -0.15) is 0 Å². The van der Waals surface area contributed by atoms with Crippen molar-refractivity contribution in [2.75, 3.05) is 6.61 Å². The molecular formula is C3H7N3O2. The second-order valence-corrected chi connectivity index (χ2v) is 1.63. The Morgan fingerprint density at radius 3 is 2.50 bits per heavy atom. The van der Waals surface area contributed by atoms with Crippen molar-refractivity contribution in [1.29, 1.82) is 0 Å². The normalized spacial score (nSPS) is 25.5. The maximum absolute atomic E-state index is 10.3. The minimum absolute atomic E-state index is 0.0486. The molecule has 0 aromatic heterocycles. The zero-order valence-electron chi connectivity index (χ0n) is 4.18. The molecule has 5 heteroatoms. The standard InChI is InChI=1S/C3H7N3O2/c4-3(5)6-2(7)1-8-3/h1,4-5H2,(H,6,7). The van der Waals surface area contributed by atoms with Crippen LogP contribution < -0.4 is 16.8 Å². The van der Waals surface area contributed by atoms with E-state index in [0.29, 0.717) is 0 Å². The van der Waals surface area contributed by atoms with Gasteiger partial charge in [-0.05, 0) is 0 Å². The number of hydrogen-bond donors (Lipinski definition) is 3. The maximum atomic E-state index is 10.3. The molecule has 0 atom stereocenters. The van der Waals surface area contributed by atoms with Crippen LogP contribution in [0, 0.1) is 0 Å². The third-order valence-corrected chi connectivity index (χ3v) is 0.777. The Kier molecular flexibility index (Phi) is 0.968. The lowest BCUT2D eigenvalue weighted by Crippen LogP contribution is -2.59. The zero-order valence-corrected chi connectivity index (χ0v) is 4.18. The van der Waals surface area contributed by atoms with E-state index in [4.69, 9.17) is 11.5 Å². The number of amides is 1. The topological polar surface area (TPSA) is 90.4 Å². The van der Waals surface area contributed by atoms with Crippen molar-refractivity contribution < 1.29 is 9.53 Å². The SMILES string of the molecule is NC1(N)NC(=O)CO1. The number of carbonyl (C=O) groups is 1. The minimum atomic E-state index is -1.43. The summed E-state index contributed by atoms with van der Waals surface area (Å²) < 4.78 is 4.55. The average Bonchev–Trinajstić information content (AvgIpc) is 1.82. The molecule has 1 fully saturated rings. The van der Waals surface area contributed by atoms with E-state index in [1.54, 1.807) is 0 Å². The third kappa shape index (κ3) is 0.945. The molecule has 0 aliphatic carbocycles. The molecule has 0 bridgehead atoms. The molecule has 5 nitrogen and oxygen atoms in total. The largest absolute Gasteiger partial charge is 0.320 e. The molecule has 8 heavy (non-hydrogen) atoms. The van der Waals surface area contributed by atoms with Crippen LogP contribution in [0.4, 0.5) is 0 Å². The summed E-state index contributed by atoms with van der Waals surface area (Å²) in [7, 11) is 0. The van der Waals surface area contributed by atoms with E-state index in [-0.39, 0.29) is 12.5 Å². The smallest absolute Gasteiger partial charge is 0.255 e. The van der Waals surface area contributed by atoms with Crippen LogP contribution in [0.5, 0.6) is 0 Å². The second kappa shape index (κ2) is 1.41. The number of ether oxygens (including phenoxy) is 1. The van der Waals surface area contributed by atoms with E-state index < -0.39 is 5.97 Å². The number of rotatable bonds is 0. The molecule has 1 aliphatic heterocycles. The number of nitrogens with two attached hydrogens (primary N) is 2. The number of nitrogens with one attached hydrogen (secondary N) is 1. The van der Waals surface area contributed by atoms with Crippen molar-refractivity contribution >= 4 is 5.91 Å². The summed E-state index contributed by atoms with van der Waals surface area (Å²) in [6.07, 6.45) is 0. The predicted molar refractivity (Wildman–Crippen MR) is 25.2 cm³/mol. The van der Waals surface area contributed by atoms with Gasteiger partial charge in [-0.3, -0.25) is 16.3 Å². The Labute approximate surface area is 46.0 Å². The fourth-order valence-corrected chi connectivity index (χ4v) is 0.475. The molecule has 0 aromatic carbocycles. The number of hydrogen-bond acceptors (Lipinski definition) is 4. The lowest BCUT2D eigenvalue weighted by atomic mass is 10.7. The van der Waals surface area contributed by atoms with Gasteiger partial charge in [0.25, 0.3) is 11.9 Å². The van der Waals surface area contributed by atoms with Crippen LogP contribution in [0.25, 0.3) is 0 Å². The fourth-order valence-electron chi connectivity index (χ4n) is 0.475. The predicted octanol–water partition coefficient (Wildman–Crippen LogP) is -2.34. The Bertz CT molecular complexity index is 122. The summed E-state index contributed by atoms with van der Waals surface area (Å²) in [5.74, 6) is -1.72. The molecule has 0 spiro atoms. The van der Waals surface area contributed by atoms with Gasteiger partial charge < -0.3 is 10.1 Å². The van der Waals surface area contributed by atoms with Gasteiger partial charge in [0.15, 0.2) is 0 Å². The summed E-state index contributed by atoms with van der Waals surface area (Å²) in [5.41, 5.74) is 10.2. The molecular weight excluding hydrogens is 110 g/mol. The monoisotopic (exact) mass is 117 g/mol. The van der Waals surface area contributed by atoms with Crippen LogP contribution in [0.15, 0.2) is 0 Å². The van der Waals surface area contributed by atoms with E-state index >= 15 is 0 Å². The van der Waals surface area contributed by atoms with Crippen LogP contribution in [0.2, 0.25) is 0 Å². The summed E-state index contributed by atoms with van der Waals surface area (Å²) in [6.45, 7) is -0.0486. The summed E-state index contributed by atoms with van der Waals surface area (Å²) >= 11 is 0. The Balaban J connectivity index is 2.56. The summed E-state index contributed by atoms with van der Waals surface area (Å²) in [5, 5.41) is 2.19.